The number of benzene rings is 1. The van der Waals surface area contributed by atoms with Crippen LogP contribution in [0.5, 0.6) is 0 Å². The molecule has 0 bridgehead atoms. The maximum atomic E-state index is 12.7. The second-order valence-electron chi connectivity index (χ2n) is 7.25. The van der Waals surface area contributed by atoms with Crippen molar-refractivity contribution in [2.45, 2.75) is 37.2 Å². The van der Waals surface area contributed by atoms with Gasteiger partial charge in [0.2, 0.25) is 10.0 Å². The van der Waals surface area contributed by atoms with E-state index in [0.717, 1.165) is 31.4 Å². The Balaban J connectivity index is 1.34. The molecular formula is C21H25N5O2S. The number of hydrogen-bond acceptors (Lipinski definition) is 5. The van der Waals surface area contributed by atoms with E-state index in [9.17, 15) is 8.42 Å². The van der Waals surface area contributed by atoms with Gasteiger partial charge in [0.15, 0.2) is 0 Å². The number of pyridine rings is 1. The first kappa shape index (κ1) is 19.6. The van der Waals surface area contributed by atoms with Crippen molar-refractivity contribution in [2.75, 3.05) is 18.4 Å². The molecule has 0 atom stereocenters. The largest absolute Gasteiger partial charge is 0.366 e. The number of nitrogens with zero attached hydrogens (tertiary/aromatic N) is 4. The molecule has 1 aromatic carbocycles. The smallest absolute Gasteiger partial charge is 0.244 e. The first-order chi connectivity index (χ1) is 14.1. The minimum atomic E-state index is -3.44. The number of sulfonamides is 1. The average Bonchev–Trinajstić information content (AvgIpc) is 3.27. The van der Waals surface area contributed by atoms with Crippen LogP contribution in [0, 0.1) is 0 Å². The third kappa shape index (κ3) is 4.83. The first-order valence-electron chi connectivity index (χ1n) is 9.85. The molecule has 152 valence electrons. The maximum Gasteiger partial charge on any atom is 0.244 e. The van der Waals surface area contributed by atoms with E-state index >= 15 is 0 Å². The molecule has 0 aliphatic carbocycles. The van der Waals surface area contributed by atoms with Gasteiger partial charge >= 0.3 is 0 Å². The summed E-state index contributed by atoms with van der Waals surface area (Å²) in [6.45, 7) is 2.61. The lowest BCUT2D eigenvalue weighted by Crippen LogP contribution is -2.35. The summed E-state index contributed by atoms with van der Waals surface area (Å²) in [5, 5.41) is 3.25. The molecule has 1 N–H and O–H groups in total. The predicted molar refractivity (Wildman–Crippen MR) is 112 cm³/mol. The van der Waals surface area contributed by atoms with Crippen molar-refractivity contribution in [3.05, 3.63) is 72.4 Å². The molecule has 4 rings (SSSR count). The Kier molecular flexibility index (Phi) is 5.92. The normalized spacial score (nSPS) is 15.3. The number of aromatic nitrogens is 3. The molecule has 1 aliphatic rings. The Bertz CT molecular complexity index is 1010. The minimum Gasteiger partial charge on any atom is -0.366 e. The second kappa shape index (κ2) is 8.75. The quantitative estimate of drug-likeness (QED) is 0.646. The summed E-state index contributed by atoms with van der Waals surface area (Å²) in [4.78, 5) is 8.61. The zero-order chi connectivity index (χ0) is 20.1. The van der Waals surface area contributed by atoms with Crippen LogP contribution < -0.4 is 5.32 Å². The van der Waals surface area contributed by atoms with Crippen LogP contribution in [0.25, 0.3) is 0 Å². The highest BCUT2D eigenvalue weighted by Crippen LogP contribution is 2.21. The molecule has 1 fully saturated rings. The van der Waals surface area contributed by atoms with Crippen molar-refractivity contribution in [1.82, 2.24) is 18.8 Å². The summed E-state index contributed by atoms with van der Waals surface area (Å²) in [5.74, 6) is 0.657. The van der Waals surface area contributed by atoms with E-state index in [2.05, 4.69) is 39.6 Å². The van der Waals surface area contributed by atoms with Gasteiger partial charge in [-0.3, -0.25) is 0 Å². The van der Waals surface area contributed by atoms with Gasteiger partial charge in [-0.05, 0) is 36.1 Å². The Morgan fingerprint density at radius 1 is 0.966 bits per heavy atom. The topological polar surface area (TPSA) is 80.1 Å². The number of rotatable bonds is 7. The van der Waals surface area contributed by atoms with E-state index in [1.54, 1.807) is 29.0 Å². The summed E-state index contributed by atoms with van der Waals surface area (Å²) in [6, 6.07) is 11.7. The average molecular weight is 412 g/mol. The van der Waals surface area contributed by atoms with Crippen molar-refractivity contribution in [2.24, 2.45) is 0 Å². The molecule has 0 spiro atoms. The second-order valence-corrected chi connectivity index (χ2v) is 9.19. The molecule has 8 heteroatoms. The number of hydrogen-bond donors (Lipinski definition) is 1. The third-order valence-electron chi connectivity index (χ3n) is 5.11. The van der Waals surface area contributed by atoms with Gasteiger partial charge in [0, 0.05) is 44.8 Å². The Hall–Kier alpha value is -2.71. The number of piperidine rings is 1. The van der Waals surface area contributed by atoms with E-state index in [0.29, 0.717) is 25.5 Å². The van der Waals surface area contributed by atoms with Gasteiger partial charge in [0.1, 0.15) is 10.7 Å². The van der Waals surface area contributed by atoms with Crippen LogP contribution >= 0.6 is 0 Å². The van der Waals surface area contributed by atoms with Crippen LogP contribution in [0.15, 0.2) is 66.2 Å². The third-order valence-corrected chi connectivity index (χ3v) is 6.99. The van der Waals surface area contributed by atoms with Gasteiger partial charge in [0.05, 0.1) is 6.33 Å². The lowest BCUT2D eigenvalue weighted by atomic mass is 10.1. The molecular weight excluding hydrogens is 386 g/mol. The first-order valence-corrected chi connectivity index (χ1v) is 11.3. The van der Waals surface area contributed by atoms with Gasteiger partial charge in [-0.2, -0.15) is 4.31 Å². The molecule has 0 unspecified atom stereocenters. The summed E-state index contributed by atoms with van der Waals surface area (Å²) >= 11 is 0. The zero-order valence-electron chi connectivity index (χ0n) is 16.2. The highest BCUT2D eigenvalue weighted by molar-refractivity contribution is 7.89. The van der Waals surface area contributed by atoms with Crippen molar-refractivity contribution in [1.29, 1.82) is 0 Å². The number of imidazole rings is 1. The number of nitrogens with one attached hydrogen (secondary N) is 1. The predicted octanol–water partition coefficient (Wildman–Crippen LogP) is 3.11. The van der Waals surface area contributed by atoms with Gasteiger partial charge in [-0.1, -0.05) is 30.7 Å². The van der Waals surface area contributed by atoms with E-state index in [-0.39, 0.29) is 4.90 Å². The van der Waals surface area contributed by atoms with Crippen molar-refractivity contribution in [3.63, 3.8) is 0 Å². The van der Waals surface area contributed by atoms with Crippen molar-refractivity contribution < 1.29 is 8.42 Å². The van der Waals surface area contributed by atoms with E-state index < -0.39 is 10.0 Å². The molecule has 0 saturated carbocycles. The SMILES string of the molecule is O=S(=O)(c1ccc(NCc2ccc(Cn3ccnc3)cc2)nc1)N1CCCCC1. The van der Waals surface area contributed by atoms with Crippen molar-refractivity contribution >= 4 is 15.8 Å². The van der Waals surface area contributed by atoms with Gasteiger partial charge in [-0.15, -0.1) is 0 Å². The van der Waals surface area contributed by atoms with E-state index in [1.165, 1.54) is 11.8 Å². The standard InChI is InChI=1S/C21H25N5O2S/c27-29(28,26-11-2-1-3-12-26)20-8-9-21(24-15-20)23-14-18-4-6-19(7-5-18)16-25-13-10-22-17-25/h4-10,13,15,17H,1-3,11-12,14,16H2,(H,23,24). The van der Waals surface area contributed by atoms with E-state index in [1.807, 2.05) is 10.8 Å². The summed E-state index contributed by atoms with van der Waals surface area (Å²) in [5.41, 5.74) is 2.34. The fourth-order valence-corrected chi connectivity index (χ4v) is 4.90. The van der Waals surface area contributed by atoms with Crippen LogP contribution in [-0.2, 0) is 23.1 Å². The van der Waals surface area contributed by atoms with Crippen LogP contribution in [0.2, 0.25) is 0 Å². The fraction of sp³-hybridized carbons (Fsp3) is 0.333. The summed E-state index contributed by atoms with van der Waals surface area (Å²) in [7, 11) is -3.44. The Morgan fingerprint density at radius 3 is 2.38 bits per heavy atom. The molecule has 29 heavy (non-hydrogen) atoms. The molecule has 3 heterocycles. The van der Waals surface area contributed by atoms with E-state index in [4.69, 9.17) is 0 Å². The van der Waals surface area contributed by atoms with Crippen LogP contribution in [0.4, 0.5) is 5.82 Å². The Labute approximate surface area is 171 Å². The van der Waals surface area contributed by atoms with Crippen LogP contribution in [0.3, 0.4) is 0 Å². The number of anilines is 1. The Morgan fingerprint density at radius 2 is 1.72 bits per heavy atom. The van der Waals surface area contributed by atoms with Crippen LogP contribution in [-0.4, -0.2) is 40.3 Å². The monoisotopic (exact) mass is 411 g/mol. The van der Waals surface area contributed by atoms with Gasteiger partial charge in [-0.25, -0.2) is 18.4 Å². The molecule has 3 aromatic rings. The lowest BCUT2D eigenvalue weighted by molar-refractivity contribution is 0.346. The fourth-order valence-electron chi connectivity index (χ4n) is 3.44. The van der Waals surface area contributed by atoms with Crippen LogP contribution in [0.1, 0.15) is 30.4 Å². The molecule has 0 amide bonds. The van der Waals surface area contributed by atoms with Gasteiger partial charge in [0.25, 0.3) is 0 Å². The molecule has 7 nitrogen and oxygen atoms in total. The maximum absolute atomic E-state index is 12.7. The lowest BCUT2D eigenvalue weighted by Gasteiger charge is -2.25. The molecule has 1 aliphatic heterocycles. The molecule has 2 aromatic heterocycles. The van der Waals surface area contributed by atoms with Gasteiger partial charge < -0.3 is 9.88 Å². The summed E-state index contributed by atoms with van der Waals surface area (Å²) < 4.78 is 29.0. The molecule has 0 radical (unpaired) electrons. The zero-order valence-corrected chi connectivity index (χ0v) is 17.1. The highest BCUT2D eigenvalue weighted by Gasteiger charge is 2.26. The van der Waals surface area contributed by atoms with Crippen molar-refractivity contribution in [3.8, 4) is 0 Å². The highest BCUT2D eigenvalue weighted by atomic mass is 32.2. The minimum absolute atomic E-state index is 0.258. The summed E-state index contributed by atoms with van der Waals surface area (Å²) in [6.07, 6.45) is 9.90. The molecule has 1 saturated heterocycles.